The number of nitrogens with one attached hydrogen (secondary N) is 2. The molecule has 2 aromatic rings. The summed E-state index contributed by atoms with van der Waals surface area (Å²) in [6.45, 7) is 0. The van der Waals surface area contributed by atoms with Crippen molar-refractivity contribution in [1.82, 2.24) is 4.98 Å². The first kappa shape index (κ1) is 14.8. The van der Waals surface area contributed by atoms with E-state index in [-0.39, 0.29) is 5.91 Å². The topological polar surface area (TPSA) is 106 Å². The number of rotatable bonds is 3. The van der Waals surface area contributed by atoms with Crippen molar-refractivity contribution in [3.63, 3.8) is 0 Å². The van der Waals surface area contributed by atoms with Gasteiger partial charge in [-0.05, 0) is 36.2 Å². The highest BCUT2D eigenvalue weighted by Gasteiger charge is 2.16. The minimum absolute atomic E-state index is 0.0200. The largest absolute Gasteiger partial charge is 0.465 e. The van der Waals surface area contributed by atoms with E-state index in [1.807, 2.05) is 6.07 Å². The molecule has 23 heavy (non-hydrogen) atoms. The molecule has 3 rings (SSSR count). The summed E-state index contributed by atoms with van der Waals surface area (Å²) in [5.74, 6) is 0.142. The van der Waals surface area contributed by atoms with Crippen molar-refractivity contribution in [3.05, 3.63) is 41.6 Å². The predicted molar refractivity (Wildman–Crippen MR) is 86.7 cm³/mol. The number of aromatic nitrogens is 1. The molecule has 7 nitrogen and oxygen atoms in total. The monoisotopic (exact) mass is 312 g/mol. The molecule has 0 aliphatic carbocycles. The first-order valence-electron chi connectivity index (χ1n) is 7.10. The van der Waals surface area contributed by atoms with Gasteiger partial charge in [0.25, 0.3) is 0 Å². The number of nitrogens with two attached hydrogens (primary N) is 1. The van der Waals surface area contributed by atoms with E-state index in [9.17, 15) is 9.59 Å². The lowest BCUT2D eigenvalue weighted by atomic mass is 10.1. The highest BCUT2D eigenvalue weighted by atomic mass is 16.5. The second kappa shape index (κ2) is 5.96. The van der Waals surface area contributed by atoms with Gasteiger partial charge in [-0.15, -0.1) is 0 Å². The quantitative estimate of drug-likeness (QED) is 0.592. The second-order valence-corrected chi connectivity index (χ2v) is 5.20. The number of methoxy groups -OCH3 is 1. The van der Waals surface area contributed by atoms with E-state index in [1.165, 1.54) is 7.11 Å². The predicted octanol–water partition coefficient (Wildman–Crippen LogP) is 2.08. The normalized spacial score (nSPS) is 13.0. The maximum absolute atomic E-state index is 11.5. The average Bonchev–Trinajstić information content (AvgIpc) is 2.56. The zero-order chi connectivity index (χ0) is 16.4. The Kier molecular flexibility index (Phi) is 3.84. The molecule has 1 aromatic heterocycles. The number of anilines is 4. The SMILES string of the molecule is COC(=O)c1ccc(Nc2cnc3c(c2)CCC(=O)N3)c(N)c1. The highest BCUT2D eigenvalue weighted by molar-refractivity contribution is 5.93. The number of aryl methyl sites for hydroxylation is 1. The second-order valence-electron chi connectivity index (χ2n) is 5.20. The smallest absolute Gasteiger partial charge is 0.337 e. The van der Waals surface area contributed by atoms with Crippen molar-refractivity contribution in [3.8, 4) is 0 Å². The zero-order valence-corrected chi connectivity index (χ0v) is 12.6. The molecule has 1 aromatic carbocycles. The van der Waals surface area contributed by atoms with Crippen molar-refractivity contribution in [1.29, 1.82) is 0 Å². The summed E-state index contributed by atoms with van der Waals surface area (Å²) in [5.41, 5.74) is 9.19. The van der Waals surface area contributed by atoms with Crippen LogP contribution in [0.2, 0.25) is 0 Å². The van der Waals surface area contributed by atoms with Crippen LogP contribution in [-0.2, 0) is 16.0 Å². The number of carbonyl (C=O) groups excluding carboxylic acids is 2. The molecule has 0 fully saturated rings. The van der Waals surface area contributed by atoms with E-state index >= 15 is 0 Å². The third-order valence-electron chi connectivity index (χ3n) is 3.60. The Balaban J connectivity index is 1.82. The van der Waals surface area contributed by atoms with Crippen LogP contribution in [0.1, 0.15) is 22.3 Å². The average molecular weight is 312 g/mol. The van der Waals surface area contributed by atoms with Gasteiger partial charge >= 0.3 is 5.97 Å². The molecule has 7 heteroatoms. The Morgan fingerprint density at radius 2 is 2.17 bits per heavy atom. The van der Waals surface area contributed by atoms with E-state index < -0.39 is 5.97 Å². The molecule has 118 valence electrons. The fourth-order valence-electron chi connectivity index (χ4n) is 2.40. The number of hydrogen-bond donors (Lipinski definition) is 3. The van der Waals surface area contributed by atoms with Crippen molar-refractivity contribution in [2.45, 2.75) is 12.8 Å². The summed E-state index contributed by atoms with van der Waals surface area (Å²) in [5, 5.41) is 5.90. The van der Waals surface area contributed by atoms with Crippen LogP contribution < -0.4 is 16.4 Å². The summed E-state index contributed by atoms with van der Waals surface area (Å²) < 4.78 is 4.66. The van der Waals surface area contributed by atoms with Crippen molar-refractivity contribution < 1.29 is 14.3 Å². The van der Waals surface area contributed by atoms with E-state index in [4.69, 9.17) is 5.73 Å². The Hall–Kier alpha value is -3.09. The summed E-state index contributed by atoms with van der Waals surface area (Å²) in [4.78, 5) is 27.1. The van der Waals surface area contributed by atoms with E-state index in [0.717, 1.165) is 11.3 Å². The summed E-state index contributed by atoms with van der Waals surface area (Å²) in [6.07, 6.45) is 2.73. The molecule has 0 bridgehead atoms. The van der Waals surface area contributed by atoms with Gasteiger partial charge in [0.05, 0.1) is 35.9 Å². The Bertz CT molecular complexity index is 789. The highest BCUT2D eigenvalue weighted by Crippen LogP contribution is 2.28. The lowest BCUT2D eigenvalue weighted by Gasteiger charge is -2.17. The molecule has 2 heterocycles. The molecular weight excluding hydrogens is 296 g/mol. The fraction of sp³-hybridized carbons (Fsp3) is 0.188. The number of nitrogens with zero attached hydrogens (tertiary/aromatic N) is 1. The van der Waals surface area contributed by atoms with Crippen LogP contribution in [0.3, 0.4) is 0 Å². The van der Waals surface area contributed by atoms with Gasteiger partial charge < -0.3 is 21.1 Å². The summed E-state index contributed by atoms with van der Waals surface area (Å²) in [6, 6.07) is 6.83. The Morgan fingerprint density at radius 3 is 2.91 bits per heavy atom. The minimum Gasteiger partial charge on any atom is -0.465 e. The van der Waals surface area contributed by atoms with Gasteiger partial charge in [0.1, 0.15) is 5.82 Å². The molecular formula is C16H16N4O3. The van der Waals surface area contributed by atoms with Crippen molar-refractivity contribution in [2.24, 2.45) is 0 Å². The number of ether oxygens (including phenoxy) is 1. The fourth-order valence-corrected chi connectivity index (χ4v) is 2.40. The summed E-state index contributed by atoms with van der Waals surface area (Å²) in [7, 11) is 1.32. The van der Waals surface area contributed by atoms with Gasteiger partial charge in [-0.3, -0.25) is 4.79 Å². The maximum atomic E-state index is 11.5. The molecule has 0 saturated heterocycles. The number of benzene rings is 1. The zero-order valence-electron chi connectivity index (χ0n) is 12.6. The molecule has 0 spiro atoms. The van der Waals surface area contributed by atoms with Crippen LogP contribution in [0, 0.1) is 0 Å². The minimum atomic E-state index is -0.436. The number of amides is 1. The van der Waals surface area contributed by atoms with Crippen LogP contribution in [-0.4, -0.2) is 24.0 Å². The van der Waals surface area contributed by atoms with Gasteiger partial charge in [0.2, 0.25) is 5.91 Å². The molecule has 0 unspecified atom stereocenters. The number of fused-ring (bicyclic) bond motifs is 1. The first-order chi connectivity index (χ1) is 11.1. The third-order valence-corrected chi connectivity index (χ3v) is 3.60. The van der Waals surface area contributed by atoms with Gasteiger partial charge in [0, 0.05) is 6.42 Å². The Labute approximate surface area is 132 Å². The van der Waals surface area contributed by atoms with Crippen LogP contribution >= 0.6 is 0 Å². The van der Waals surface area contributed by atoms with Crippen molar-refractivity contribution >= 4 is 34.8 Å². The number of pyridine rings is 1. The standard InChI is InChI=1S/C16H16N4O3/c1-23-16(22)10-2-4-13(12(17)7-10)19-11-6-9-3-5-14(21)20-15(9)18-8-11/h2,4,6-8,19H,3,5,17H2,1H3,(H,18,20,21). The van der Waals surface area contributed by atoms with E-state index in [0.29, 0.717) is 35.6 Å². The lowest BCUT2D eigenvalue weighted by molar-refractivity contribution is -0.116. The van der Waals surface area contributed by atoms with Gasteiger partial charge in [-0.2, -0.15) is 0 Å². The number of nitrogen functional groups attached to an aromatic ring is 1. The number of hydrogen-bond acceptors (Lipinski definition) is 6. The first-order valence-corrected chi connectivity index (χ1v) is 7.10. The molecule has 1 aliphatic heterocycles. The van der Waals surface area contributed by atoms with Crippen molar-refractivity contribution in [2.75, 3.05) is 23.5 Å². The van der Waals surface area contributed by atoms with E-state index in [2.05, 4.69) is 20.4 Å². The van der Waals surface area contributed by atoms with Gasteiger partial charge in [0.15, 0.2) is 0 Å². The molecule has 4 N–H and O–H groups in total. The summed E-state index contributed by atoms with van der Waals surface area (Å²) >= 11 is 0. The number of carbonyl (C=O) groups is 2. The van der Waals surface area contributed by atoms with E-state index in [1.54, 1.807) is 24.4 Å². The van der Waals surface area contributed by atoms with Crippen LogP contribution in [0.5, 0.6) is 0 Å². The Morgan fingerprint density at radius 1 is 1.35 bits per heavy atom. The molecule has 1 amide bonds. The maximum Gasteiger partial charge on any atom is 0.337 e. The molecule has 0 radical (unpaired) electrons. The van der Waals surface area contributed by atoms with Crippen LogP contribution in [0.25, 0.3) is 0 Å². The lowest BCUT2D eigenvalue weighted by Crippen LogP contribution is -2.20. The third kappa shape index (κ3) is 3.08. The molecule has 0 atom stereocenters. The molecule has 1 aliphatic rings. The van der Waals surface area contributed by atoms with Crippen LogP contribution in [0.15, 0.2) is 30.5 Å². The number of esters is 1. The van der Waals surface area contributed by atoms with Gasteiger partial charge in [-0.25, -0.2) is 9.78 Å². The molecule has 0 saturated carbocycles. The van der Waals surface area contributed by atoms with Crippen LogP contribution in [0.4, 0.5) is 22.9 Å². The van der Waals surface area contributed by atoms with Gasteiger partial charge in [-0.1, -0.05) is 0 Å².